The molecule has 1 amide bonds. The summed E-state index contributed by atoms with van der Waals surface area (Å²) in [6.07, 6.45) is 6.31. The second kappa shape index (κ2) is 8.11. The van der Waals surface area contributed by atoms with Gasteiger partial charge in [0.25, 0.3) is 5.91 Å². The zero-order valence-electron chi connectivity index (χ0n) is 17.3. The number of anilines is 1. The molecule has 1 aliphatic rings. The van der Waals surface area contributed by atoms with Gasteiger partial charge in [0, 0.05) is 18.6 Å². The van der Waals surface area contributed by atoms with E-state index < -0.39 is 22.4 Å². The monoisotopic (exact) mass is 458 g/mol. The molecule has 13 heteroatoms. The molecule has 168 valence electrons. The van der Waals surface area contributed by atoms with Crippen molar-refractivity contribution in [1.82, 2.24) is 24.8 Å². The van der Waals surface area contributed by atoms with E-state index in [1.807, 2.05) is 0 Å². The maximum absolute atomic E-state index is 12.8. The summed E-state index contributed by atoms with van der Waals surface area (Å²) in [7, 11) is -3.39. The summed E-state index contributed by atoms with van der Waals surface area (Å²) < 4.78 is 33.3. The lowest BCUT2D eigenvalue weighted by atomic mass is 10.1. The Morgan fingerprint density at radius 1 is 1.31 bits per heavy atom. The van der Waals surface area contributed by atoms with Crippen molar-refractivity contribution >= 4 is 28.4 Å². The summed E-state index contributed by atoms with van der Waals surface area (Å²) in [6, 6.07) is 6.51. The first-order valence-electron chi connectivity index (χ1n) is 9.45. The molecule has 3 aromatic rings. The van der Waals surface area contributed by atoms with Crippen LogP contribution in [0.2, 0.25) is 0 Å². The van der Waals surface area contributed by atoms with Crippen LogP contribution < -0.4 is 20.5 Å². The van der Waals surface area contributed by atoms with Gasteiger partial charge in [-0.15, -0.1) is 4.40 Å². The lowest BCUT2D eigenvalue weighted by Crippen LogP contribution is -2.48. The van der Waals surface area contributed by atoms with Crippen LogP contribution >= 0.6 is 11.0 Å². The Bertz CT molecular complexity index is 1180. The van der Waals surface area contributed by atoms with E-state index in [1.165, 1.54) is 18.6 Å². The van der Waals surface area contributed by atoms with Crippen molar-refractivity contribution in [2.75, 3.05) is 11.3 Å². The van der Waals surface area contributed by atoms with Gasteiger partial charge in [0.15, 0.2) is 5.84 Å². The molecule has 0 saturated heterocycles. The number of rotatable bonds is 6. The molecule has 0 bridgehead atoms. The van der Waals surface area contributed by atoms with Gasteiger partial charge in [-0.25, -0.2) is 15.0 Å². The van der Waals surface area contributed by atoms with Crippen molar-refractivity contribution in [3.63, 3.8) is 0 Å². The van der Waals surface area contributed by atoms with Gasteiger partial charge in [-0.05, 0) is 43.0 Å². The molecule has 12 nitrogen and oxygen atoms in total. The van der Waals surface area contributed by atoms with Crippen LogP contribution in [0.3, 0.4) is 0 Å². The number of hydrogen-bond acceptors (Lipinski definition) is 10. The smallest absolute Gasteiger partial charge is 0.270 e. The summed E-state index contributed by atoms with van der Waals surface area (Å²) in [6.45, 7) is 3.69. The van der Waals surface area contributed by atoms with Gasteiger partial charge in [-0.3, -0.25) is 23.2 Å². The molecule has 0 saturated carbocycles. The Balaban J connectivity index is 1.46. The van der Waals surface area contributed by atoms with E-state index in [0.29, 0.717) is 22.9 Å². The number of carbonyl (C=O) groups excluding carboxylic acids is 1. The number of imidazole rings is 1. The van der Waals surface area contributed by atoms with Gasteiger partial charge in [0.05, 0.1) is 16.8 Å². The number of nitrogens with two attached hydrogens (primary N) is 1. The Morgan fingerprint density at radius 3 is 2.88 bits per heavy atom. The predicted molar refractivity (Wildman–Crippen MR) is 120 cm³/mol. The van der Waals surface area contributed by atoms with E-state index >= 15 is 0 Å². The van der Waals surface area contributed by atoms with Gasteiger partial charge < -0.3 is 15.8 Å². The third-order valence-corrected chi connectivity index (χ3v) is 5.35. The average molecular weight is 459 g/mol. The first-order valence-corrected chi connectivity index (χ1v) is 11.0. The third kappa shape index (κ3) is 4.64. The van der Waals surface area contributed by atoms with Crippen molar-refractivity contribution in [3.8, 4) is 11.7 Å². The maximum atomic E-state index is 12.8. The second-order valence-electron chi connectivity index (χ2n) is 7.61. The minimum atomic E-state index is -3.39. The minimum Gasteiger partial charge on any atom is -0.490 e. The zero-order valence-corrected chi connectivity index (χ0v) is 18.1. The van der Waals surface area contributed by atoms with Gasteiger partial charge in [0.2, 0.25) is 5.95 Å². The number of nitrogens with zero attached hydrogens (tertiary/aromatic N) is 5. The first-order chi connectivity index (χ1) is 15.1. The Kier molecular flexibility index (Phi) is 5.46. The van der Waals surface area contributed by atoms with E-state index in [4.69, 9.17) is 10.5 Å². The molecular formula is C19H22N8O4S. The van der Waals surface area contributed by atoms with Crippen molar-refractivity contribution in [2.45, 2.75) is 19.4 Å². The highest BCUT2D eigenvalue weighted by Crippen LogP contribution is 2.46. The number of carbonyl (C=O) groups is 1. The number of fused-ring (bicyclic) bond motifs is 1. The molecular weight excluding hydrogens is 436 g/mol. The van der Waals surface area contributed by atoms with E-state index in [-0.39, 0.29) is 18.1 Å². The molecule has 0 aliphatic carbocycles. The topological polar surface area (TPSA) is 173 Å². The van der Waals surface area contributed by atoms with Gasteiger partial charge >= 0.3 is 0 Å². The van der Waals surface area contributed by atoms with Gasteiger partial charge in [0.1, 0.15) is 24.4 Å². The zero-order chi connectivity index (χ0) is 22.9. The Labute approximate surface area is 185 Å². The first kappa shape index (κ1) is 21.5. The number of amidine groups is 1. The van der Waals surface area contributed by atoms with Crippen LogP contribution in [0, 0.1) is 0 Å². The van der Waals surface area contributed by atoms with E-state index in [0.717, 1.165) is 0 Å². The molecule has 0 unspecified atom stereocenters. The number of benzene rings is 1. The normalized spacial score (nSPS) is 15.7. The van der Waals surface area contributed by atoms with E-state index in [1.54, 1.807) is 49.0 Å². The molecule has 0 spiro atoms. The number of aromatic nitrogens is 4. The average Bonchev–Trinajstić information content (AvgIpc) is 3.26. The van der Waals surface area contributed by atoms with Crippen LogP contribution in [0.4, 0.5) is 5.69 Å². The number of hydrogen-bond donors (Lipinski definition) is 5. The molecule has 1 aromatic carbocycles. The van der Waals surface area contributed by atoms with Crippen LogP contribution in [0.25, 0.3) is 5.95 Å². The van der Waals surface area contributed by atoms with E-state index in [2.05, 4.69) is 29.4 Å². The molecule has 2 aromatic heterocycles. The highest BCUT2D eigenvalue weighted by atomic mass is 32.3. The van der Waals surface area contributed by atoms with Crippen LogP contribution in [-0.2, 0) is 0 Å². The molecule has 0 fully saturated rings. The van der Waals surface area contributed by atoms with Gasteiger partial charge in [-0.1, -0.05) is 6.07 Å². The fourth-order valence-corrected chi connectivity index (χ4v) is 3.87. The molecule has 6 N–H and O–H groups in total. The summed E-state index contributed by atoms with van der Waals surface area (Å²) in [4.78, 5) is 25.1. The minimum absolute atomic E-state index is 0.0517. The largest absolute Gasteiger partial charge is 0.490 e. The van der Waals surface area contributed by atoms with Crippen molar-refractivity contribution in [1.29, 1.82) is 0 Å². The number of nitrogens with one attached hydrogen (secondary N) is 2. The highest BCUT2D eigenvalue weighted by Gasteiger charge is 2.27. The Morgan fingerprint density at radius 2 is 2.12 bits per heavy atom. The standard InChI is InChI=1S/C19H22N8O4S/c1-19(2,24-17(28)13-6-7-22-18(23-13)27-9-8-21-11-27)10-31-14-5-3-4-12-15(14)16(20)26-32(29,30)25-12/h3-9,11,25,29-30H,10H2,1-2H3,(H2,20,26)(H,24,28). The quantitative estimate of drug-likeness (QED) is 0.370. The second-order valence-corrected chi connectivity index (χ2v) is 9.04. The van der Waals surface area contributed by atoms with Crippen LogP contribution in [0.15, 0.2) is 53.6 Å². The van der Waals surface area contributed by atoms with Crippen LogP contribution in [0.1, 0.15) is 29.9 Å². The molecule has 1 aliphatic heterocycles. The fourth-order valence-electron chi connectivity index (χ4n) is 3.00. The number of ether oxygens (including phenoxy) is 1. The maximum Gasteiger partial charge on any atom is 0.270 e. The summed E-state index contributed by atoms with van der Waals surface area (Å²) in [5, 5.41) is 2.89. The van der Waals surface area contributed by atoms with Crippen molar-refractivity contribution < 1.29 is 18.6 Å². The summed E-state index contributed by atoms with van der Waals surface area (Å²) in [5.74, 6) is 0.268. The van der Waals surface area contributed by atoms with Crippen LogP contribution in [0.5, 0.6) is 5.75 Å². The molecule has 3 heterocycles. The van der Waals surface area contributed by atoms with Gasteiger partial charge in [-0.2, -0.15) is 0 Å². The SMILES string of the molecule is CC(C)(COc1cccc2c1C(N)=NS(O)(O)N2)NC(=O)c1ccnc(-n2ccnc2)n1. The van der Waals surface area contributed by atoms with Crippen LogP contribution in [-0.4, -0.2) is 52.5 Å². The molecule has 4 rings (SSSR count). The molecule has 32 heavy (non-hydrogen) atoms. The highest BCUT2D eigenvalue weighted by molar-refractivity contribution is 8.24. The molecule has 0 radical (unpaired) electrons. The summed E-state index contributed by atoms with van der Waals surface area (Å²) in [5.41, 5.74) is 6.14. The predicted octanol–water partition coefficient (Wildman–Crippen LogP) is 1.96. The fraction of sp³-hybridized carbons (Fsp3) is 0.211. The number of amides is 1. The van der Waals surface area contributed by atoms with Crippen molar-refractivity contribution in [2.24, 2.45) is 10.1 Å². The lowest BCUT2D eigenvalue weighted by molar-refractivity contribution is 0.0875. The van der Waals surface area contributed by atoms with Crippen molar-refractivity contribution in [3.05, 3.63) is 60.4 Å². The third-order valence-electron chi connectivity index (χ3n) is 4.41. The molecule has 0 atom stereocenters. The lowest BCUT2D eigenvalue weighted by Gasteiger charge is -2.34. The van der Waals surface area contributed by atoms with E-state index in [9.17, 15) is 13.9 Å². The summed E-state index contributed by atoms with van der Waals surface area (Å²) >= 11 is 0. The Hall–Kier alpha value is -3.68.